The van der Waals surface area contributed by atoms with Gasteiger partial charge in [0, 0.05) is 49.6 Å². The van der Waals surface area contributed by atoms with Gasteiger partial charge in [-0.2, -0.15) is 0 Å². The molecule has 0 bridgehead atoms. The molecule has 0 radical (unpaired) electrons. The largest absolute Gasteiger partial charge is 0.361 e. The molecule has 0 aliphatic heterocycles. The monoisotopic (exact) mass is 324 g/mol. The first-order valence-corrected chi connectivity index (χ1v) is 7.69. The Labute approximate surface area is 137 Å². The van der Waals surface area contributed by atoms with E-state index < -0.39 is 5.92 Å². The molecule has 1 aromatic carbocycles. The Hall–Kier alpha value is -1.95. The Morgan fingerprint density at radius 2 is 1.91 bits per heavy atom. The van der Waals surface area contributed by atoms with Crippen molar-refractivity contribution in [3.05, 3.63) is 41.6 Å². The molecule has 0 saturated carbocycles. The average Bonchev–Trinajstić information content (AvgIpc) is 2.52. The van der Waals surface area contributed by atoms with Gasteiger partial charge in [0.05, 0.1) is 0 Å². The zero-order valence-electron chi connectivity index (χ0n) is 14.2. The topological polar surface area (TPSA) is 51.2 Å². The maximum Gasteiger partial charge on any atom is 0.270 e. The number of anilines is 1. The van der Waals surface area contributed by atoms with Crippen LogP contribution in [0.5, 0.6) is 0 Å². The van der Waals surface area contributed by atoms with E-state index in [1.807, 2.05) is 25.8 Å². The maximum atomic E-state index is 13.2. The number of hydrogen-bond acceptors (Lipinski definition) is 3. The van der Waals surface area contributed by atoms with Crippen molar-refractivity contribution in [1.82, 2.24) is 10.2 Å². The molecule has 0 heterocycles. The van der Waals surface area contributed by atoms with E-state index in [-0.39, 0.29) is 5.56 Å². The highest BCUT2D eigenvalue weighted by Gasteiger charge is 2.23. The van der Waals surface area contributed by atoms with Gasteiger partial charge in [-0.15, -0.1) is 0 Å². The molecule has 0 amide bonds. The van der Waals surface area contributed by atoms with E-state index >= 15 is 0 Å². The quantitative estimate of drug-likeness (QED) is 0.505. The molecule has 1 rings (SSSR count). The summed E-state index contributed by atoms with van der Waals surface area (Å²) in [6.45, 7) is 7.07. The van der Waals surface area contributed by atoms with Gasteiger partial charge in [-0.05, 0) is 33.0 Å². The van der Waals surface area contributed by atoms with Crippen LogP contribution in [0.25, 0.3) is 0 Å². The highest BCUT2D eigenvalue weighted by Crippen LogP contribution is 2.27. The molecule has 6 heteroatoms. The number of halogens is 2. The zero-order chi connectivity index (χ0) is 17.5. The van der Waals surface area contributed by atoms with E-state index in [0.29, 0.717) is 11.5 Å². The van der Waals surface area contributed by atoms with Gasteiger partial charge < -0.3 is 15.5 Å². The number of hydrogen-bond donors (Lipinski definition) is 3. The van der Waals surface area contributed by atoms with Crippen LogP contribution in [0.4, 0.5) is 14.5 Å². The second-order valence-electron chi connectivity index (χ2n) is 5.47. The van der Waals surface area contributed by atoms with Crippen LogP contribution in [0.2, 0.25) is 0 Å². The van der Waals surface area contributed by atoms with Gasteiger partial charge in [-0.1, -0.05) is 12.1 Å². The van der Waals surface area contributed by atoms with Crippen LogP contribution in [0.15, 0.2) is 36.0 Å². The van der Waals surface area contributed by atoms with Crippen LogP contribution in [-0.2, 0) is 5.92 Å². The Balaban J connectivity index is 2.70. The van der Waals surface area contributed by atoms with Crippen molar-refractivity contribution in [3.63, 3.8) is 0 Å². The van der Waals surface area contributed by atoms with Crippen LogP contribution in [0.3, 0.4) is 0 Å². The molecule has 0 unspecified atom stereocenters. The fourth-order valence-electron chi connectivity index (χ4n) is 2.04. The summed E-state index contributed by atoms with van der Waals surface area (Å²) in [4.78, 5) is 1.96. The molecule has 0 spiro atoms. The molecule has 0 fully saturated rings. The van der Waals surface area contributed by atoms with Crippen LogP contribution in [-0.4, -0.2) is 37.4 Å². The number of nitrogens with one attached hydrogen (secondary N) is 3. The molecular weight excluding hydrogens is 298 g/mol. The molecule has 128 valence electrons. The lowest BCUT2D eigenvalue weighted by Gasteiger charge is -2.24. The number of benzene rings is 1. The minimum atomic E-state index is -2.83. The van der Waals surface area contributed by atoms with E-state index in [0.717, 1.165) is 32.1 Å². The first-order valence-electron chi connectivity index (χ1n) is 7.69. The number of rotatable bonds is 8. The van der Waals surface area contributed by atoms with Crippen molar-refractivity contribution < 1.29 is 8.78 Å². The zero-order valence-corrected chi connectivity index (χ0v) is 14.2. The number of likely N-dealkylation sites (N-methyl/N-ethyl adjacent to an activating group) is 2. The third-order valence-electron chi connectivity index (χ3n) is 3.55. The molecule has 23 heavy (non-hydrogen) atoms. The van der Waals surface area contributed by atoms with Gasteiger partial charge in [0.25, 0.3) is 5.92 Å². The van der Waals surface area contributed by atoms with Gasteiger partial charge in [0.1, 0.15) is 5.84 Å². The maximum absolute atomic E-state index is 13.2. The highest BCUT2D eigenvalue weighted by atomic mass is 19.3. The van der Waals surface area contributed by atoms with Gasteiger partial charge in [0.2, 0.25) is 0 Å². The Morgan fingerprint density at radius 3 is 2.39 bits per heavy atom. The predicted octanol–water partition coefficient (Wildman–Crippen LogP) is 3.63. The van der Waals surface area contributed by atoms with Crippen LogP contribution in [0.1, 0.15) is 26.3 Å². The Bertz CT molecular complexity index is 533. The predicted molar refractivity (Wildman–Crippen MR) is 92.3 cm³/mol. The minimum absolute atomic E-state index is 0.0132. The molecule has 0 aliphatic rings. The molecule has 0 aromatic heterocycles. The van der Waals surface area contributed by atoms with Crippen molar-refractivity contribution in [2.45, 2.75) is 26.7 Å². The Morgan fingerprint density at radius 1 is 1.30 bits per heavy atom. The smallest absolute Gasteiger partial charge is 0.270 e. The van der Waals surface area contributed by atoms with Crippen molar-refractivity contribution in [2.75, 3.05) is 32.0 Å². The normalized spacial score (nSPS) is 12.2. The van der Waals surface area contributed by atoms with Crippen molar-refractivity contribution in [3.8, 4) is 0 Å². The first kappa shape index (κ1) is 19.1. The number of amidine groups is 1. The fourth-order valence-corrected chi connectivity index (χ4v) is 2.04. The van der Waals surface area contributed by atoms with Crippen LogP contribution < -0.4 is 10.6 Å². The lowest BCUT2D eigenvalue weighted by molar-refractivity contribution is 0.0175. The van der Waals surface area contributed by atoms with Crippen molar-refractivity contribution in [2.24, 2.45) is 0 Å². The summed E-state index contributed by atoms with van der Waals surface area (Å²) in [5, 5.41) is 14.3. The summed E-state index contributed by atoms with van der Waals surface area (Å²) in [6, 6.07) is 6.03. The molecule has 4 nitrogen and oxygen atoms in total. The third kappa shape index (κ3) is 5.98. The third-order valence-corrected chi connectivity index (χ3v) is 3.55. The van der Waals surface area contributed by atoms with Gasteiger partial charge in [0.15, 0.2) is 0 Å². The minimum Gasteiger partial charge on any atom is -0.361 e. The van der Waals surface area contributed by atoms with E-state index in [9.17, 15) is 8.78 Å². The molecule has 3 N–H and O–H groups in total. The SMILES string of the molecule is CCN(CCNC)C(=N)/C(C)=C\Nc1ccc(C(C)(F)F)cc1. The second kappa shape index (κ2) is 8.62. The highest BCUT2D eigenvalue weighted by molar-refractivity contribution is 5.95. The fraction of sp³-hybridized carbons (Fsp3) is 0.471. The van der Waals surface area contributed by atoms with E-state index in [4.69, 9.17) is 5.41 Å². The van der Waals surface area contributed by atoms with Gasteiger partial charge >= 0.3 is 0 Å². The summed E-state index contributed by atoms with van der Waals surface area (Å²) in [6.07, 6.45) is 1.73. The molecular formula is C17H26F2N4. The standard InChI is InChI=1S/C17H26F2N4/c1-5-23(11-10-21-4)16(20)13(2)12-22-15-8-6-14(7-9-15)17(3,18)19/h6-9,12,20-22H,5,10-11H2,1-4H3/b13-12-,20-16?. The van der Waals surface area contributed by atoms with Crippen molar-refractivity contribution in [1.29, 1.82) is 5.41 Å². The summed E-state index contributed by atoms with van der Waals surface area (Å²) in [5.74, 6) is -2.38. The summed E-state index contributed by atoms with van der Waals surface area (Å²) in [7, 11) is 1.88. The summed E-state index contributed by atoms with van der Waals surface area (Å²) >= 11 is 0. The van der Waals surface area contributed by atoms with Crippen molar-refractivity contribution >= 4 is 11.5 Å². The number of alkyl halides is 2. The van der Waals surface area contributed by atoms with E-state index in [2.05, 4.69) is 10.6 Å². The summed E-state index contributed by atoms with van der Waals surface area (Å²) < 4.78 is 26.3. The second-order valence-corrected chi connectivity index (χ2v) is 5.47. The average molecular weight is 324 g/mol. The van der Waals surface area contributed by atoms with Gasteiger partial charge in [-0.25, -0.2) is 8.78 Å². The van der Waals surface area contributed by atoms with Crippen LogP contribution >= 0.6 is 0 Å². The summed E-state index contributed by atoms with van der Waals surface area (Å²) in [5.41, 5.74) is 1.48. The lowest BCUT2D eigenvalue weighted by Crippen LogP contribution is -2.36. The van der Waals surface area contributed by atoms with Gasteiger partial charge in [-0.3, -0.25) is 5.41 Å². The van der Waals surface area contributed by atoms with Crippen LogP contribution in [0, 0.1) is 5.41 Å². The lowest BCUT2D eigenvalue weighted by atomic mass is 10.1. The number of nitrogens with zero attached hydrogens (tertiary/aromatic N) is 1. The molecule has 0 atom stereocenters. The van der Waals surface area contributed by atoms with E-state index in [1.165, 1.54) is 12.1 Å². The molecule has 0 saturated heterocycles. The van der Waals surface area contributed by atoms with E-state index in [1.54, 1.807) is 18.3 Å². The molecule has 1 aromatic rings. The molecule has 0 aliphatic carbocycles. The first-order chi connectivity index (χ1) is 10.8. The Kier molecular flexibility index (Phi) is 7.16.